The van der Waals surface area contributed by atoms with E-state index in [1.54, 1.807) is 31.5 Å². The molecule has 2 saturated carbocycles. The Bertz CT molecular complexity index is 1590. The fourth-order valence-corrected chi connectivity index (χ4v) is 10.3. The predicted molar refractivity (Wildman–Crippen MR) is 144 cm³/mol. The number of ketones is 1. The summed E-state index contributed by atoms with van der Waals surface area (Å²) in [5.41, 5.74) is 1.35. The van der Waals surface area contributed by atoms with Crippen molar-refractivity contribution in [2.75, 3.05) is 20.0 Å². The van der Waals surface area contributed by atoms with Gasteiger partial charge in [-0.1, -0.05) is 13.8 Å². The van der Waals surface area contributed by atoms with E-state index < -0.39 is 31.7 Å². The molecule has 0 amide bonds. The van der Waals surface area contributed by atoms with Crippen LogP contribution in [0.15, 0.2) is 29.6 Å². The first-order chi connectivity index (χ1) is 17.9. The Hall–Kier alpha value is -2.79. The first kappa shape index (κ1) is 26.8. The molecule has 9 nitrogen and oxygen atoms in total. The Morgan fingerprint density at radius 1 is 1.18 bits per heavy atom. The molecule has 0 N–H and O–H groups in total. The molecule has 3 aromatic rings. The number of ether oxygens (including phenoxy) is 2. The first-order valence-corrected chi connectivity index (χ1v) is 15.5. The monoisotopic (exact) mass is 559 g/mol. The summed E-state index contributed by atoms with van der Waals surface area (Å²) in [4.78, 5) is 22.1. The molecule has 2 fully saturated rings. The van der Waals surface area contributed by atoms with Crippen LogP contribution in [0.25, 0.3) is 11.0 Å². The number of carbonyl (C=O) groups is 1. The maximum Gasteiger partial charge on any atom is 0.242 e. The van der Waals surface area contributed by atoms with Crippen LogP contribution in [0.2, 0.25) is 0 Å². The zero-order chi connectivity index (χ0) is 27.6. The minimum atomic E-state index is -4.16. The van der Waals surface area contributed by atoms with Crippen LogP contribution >= 0.6 is 0 Å². The summed E-state index contributed by atoms with van der Waals surface area (Å²) < 4.78 is 54.2. The van der Waals surface area contributed by atoms with E-state index in [0.29, 0.717) is 35.6 Å². The SMILES string of the molecule is COc1ccc2nc([S@@](=O)Cc3ncc(C)c(OC)c3C)n(S(=O)(=O)C[C@@]34CC[C@@H](CC3=O)C4(C)C)c2c1. The van der Waals surface area contributed by atoms with Gasteiger partial charge in [-0.2, -0.15) is 0 Å². The molecule has 0 aliphatic heterocycles. The van der Waals surface area contributed by atoms with Crippen LogP contribution in [0, 0.1) is 30.6 Å². The highest BCUT2D eigenvalue weighted by Crippen LogP contribution is 2.64. The number of hydrogen-bond acceptors (Lipinski definition) is 8. The molecular weight excluding hydrogens is 526 g/mol. The summed E-state index contributed by atoms with van der Waals surface area (Å²) >= 11 is 0. The van der Waals surface area contributed by atoms with E-state index in [9.17, 15) is 17.4 Å². The van der Waals surface area contributed by atoms with E-state index in [2.05, 4.69) is 9.97 Å². The molecule has 5 rings (SSSR count). The minimum Gasteiger partial charge on any atom is -0.497 e. The lowest BCUT2D eigenvalue weighted by molar-refractivity contribution is -0.128. The average molecular weight is 560 g/mol. The van der Waals surface area contributed by atoms with E-state index in [-0.39, 0.29) is 33.9 Å². The molecule has 0 radical (unpaired) electrons. The lowest BCUT2D eigenvalue weighted by Gasteiger charge is -2.36. The molecule has 11 heteroatoms. The highest BCUT2D eigenvalue weighted by atomic mass is 32.2. The fraction of sp³-hybridized carbons (Fsp3) is 0.519. The summed E-state index contributed by atoms with van der Waals surface area (Å²) in [6.07, 6.45) is 3.40. The smallest absolute Gasteiger partial charge is 0.242 e. The summed E-state index contributed by atoms with van der Waals surface area (Å²) in [6, 6.07) is 4.91. The van der Waals surface area contributed by atoms with Gasteiger partial charge in [0.05, 0.1) is 58.7 Å². The van der Waals surface area contributed by atoms with E-state index in [0.717, 1.165) is 21.5 Å². The standard InChI is InChI=1S/C27H33N3O6S2/c1-16-13-28-21(17(2)24(16)36-6)14-37(32)25-29-20-8-7-19(35-5)12-22(20)30(25)38(33,34)15-27-10-9-18(11-23(27)31)26(27,3)4/h7-8,12-13,18H,9-11,14-15H2,1-6H3/t18-,27-,37-/m0/s1. The molecule has 2 aromatic heterocycles. The molecule has 2 heterocycles. The molecule has 38 heavy (non-hydrogen) atoms. The molecule has 2 aliphatic carbocycles. The molecule has 2 bridgehead atoms. The Kier molecular flexibility index (Phi) is 6.45. The average Bonchev–Trinajstić information content (AvgIpc) is 3.42. The second-order valence-electron chi connectivity index (χ2n) is 11.0. The van der Waals surface area contributed by atoms with Gasteiger partial charge >= 0.3 is 0 Å². The second-order valence-corrected chi connectivity index (χ2v) is 14.1. The molecule has 0 unspecified atom stereocenters. The zero-order valence-electron chi connectivity index (χ0n) is 22.5. The van der Waals surface area contributed by atoms with Crippen molar-refractivity contribution < 1.29 is 26.9 Å². The Labute approximate surface area is 225 Å². The van der Waals surface area contributed by atoms with Gasteiger partial charge in [0, 0.05) is 29.8 Å². The summed E-state index contributed by atoms with van der Waals surface area (Å²) in [7, 11) is -2.97. The summed E-state index contributed by atoms with van der Waals surface area (Å²) in [6.45, 7) is 7.70. The third-order valence-electron chi connectivity index (χ3n) is 8.86. The van der Waals surface area contributed by atoms with Gasteiger partial charge < -0.3 is 9.47 Å². The third-order valence-corrected chi connectivity index (χ3v) is 12.0. The van der Waals surface area contributed by atoms with E-state index >= 15 is 0 Å². The quantitative estimate of drug-likeness (QED) is 0.407. The van der Waals surface area contributed by atoms with Gasteiger partial charge in [-0.05, 0) is 50.2 Å². The van der Waals surface area contributed by atoms with E-state index in [1.807, 2.05) is 27.7 Å². The van der Waals surface area contributed by atoms with Crippen molar-refractivity contribution in [3.63, 3.8) is 0 Å². The van der Waals surface area contributed by atoms with Gasteiger partial charge in [0.2, 0.25) is 15.2 Å². The number of aryl methyl sites for hydroxylation is 1. The van der Waals surface area contributed by atoms with Crippen LogP contribution in [0.1, 0.15) is 49.9 Å². The number of rotatable bonds is 8. The van der Waals surface area contributed by atoms with Crippen LogP contribution in [0.4, 0.5) is 0 Å². The number of carbonyl (C=O) groups excluding carboxylic acids is 1. The molecule has 0 saturated heterocycles. The largest absolute Gasteiger partial charge is 0.497 e. The van der Waals surface area contributed by atoms with Crippen molar-refractivity contribution in [2.24, 2.45) is 16.7 Å². The normalized spacial score (nSPS) is 23.2. The van der Waals surface area contributed by atoms with Gasteiger partial charge in [-0.25, -0.2) is 17.4 Å². The van der Waals surface area contributed by atoms with E-state index in [4.69, 9.17) is 9.47 Å². The van der Waals surface area contributed by atoms with Crippen LogP contribution in [0.5, 0.6) is 11.5 Å². The number of pyridine rings is 1. The molecule has 3 atom stereocenters. The van der Waals surface area contributed by atoms with Crippen LogP contribution in [-0.2, 0) is 31.4 Å². The number of Topliss-reactive ketones (excluding diaryl/α,β-unsaturated/α-hetero) is 1. The van der Waals surface area contributed by atoms with Gasteiger partial charge in [-0.3, -0.25) is 14.0 Å². The number of methoxy groups -OCH3 is 2. The topological polar surface area (TPSA) is 117 Å². The summed E-state index contributed by atoms with van der Waals surface area (Å²) in [5.74, 6) is 0.863. The Morgan fingerprint density at radius 2 is 1.92 bits per heavy atom. The molecule has 0 spiro atoms. The number of hydrogen-bond donors (Lipinski definition) is 0. The van der Waals surface area contributed by atoms with Crippen molar-refractivity contribution in [1.82, 2.24) is 13.9 Å². The van der Waals surface area contributed by atoms with Crippen molar-refractivity contribution in [3.05, 3.63) is 41.2 Å². The number of fused-ring (bicyclic) bond motifs is 3. The second kappa shape index (κ2) is 9.15. The zero-order valence-corrected chi connectivity index (χ0v) is 24.2. The molecule has 1 aromatic carbocycles. The lowest BCUT2D eigenvalue weighted by Crippen LogP contribution is -2.43. The van der Waals surface area contributed by atoms with Gasteiger partial charge in [-0.15, -0.1) is 0 Å². The van der Waals surface area contributed by atoms with E-state index in [1.165, 1.54) is 7.11 Å². The minimum absolute atomic E-state index is 0.00132. The molecular formula is C27H33N3O6S2. The van der Waals surface area contributed by atoms with Crippen molar-refractivity contribution in [3.8, 4) is 11.5 Å². The van der Waals surface area contributed by atoms with Crippen LogP contribution in [0.3, 0.4) is 0 Å². The highest BCUT2D eigenvalue weighted by molar-refractivity contribution is 7.91. The maximum absolute atomic E-state index is 14.2. The summed E-state index contributed by atoms with van der Waals surface area (Å²) in [5, 5.41) is -0.0943. The fourth-order valence-electron chi connectivity index (χ4n) is 6.44. The van der Waals surface area contributed by atoms with Crippen molar-refractivity contribution in [2.45, 2.75) is 57.9 Å². The van der Waals surface area contributed by atoms with Gasteiger partial charge in [0.15, 0.2) is 0 Å². The first-order valence-electron chi connectivity index (χ1n) is 12.6. The lowest BCUT2D eigenvalue weighted by atomic mass is 9.70. The molecule has 2 aliphatic rings. The van der Waals surface area contributed by atoms with Crippen molar-refractivity contribution in [1.29, 1.82) is 0 Å². The number of benzene rings is 1. The van der Waals surface area contributed by atoms with Gasteiger partial charge in [0.25, 0.3) is 0 Å². The van der Waals surface area contributed by atoms with Crippen LogP contribution in [-0.4, -0.2) is 52.3 Å². The Morgan fingerprint density at radius 3 is 2.53 bits per heavy atom. The maximum atomic E-state index is 14.2. The third kappa shape index (κ3) is 3.88. The number of imidazole rings is 1. The number of nitrogens with zero attached hydrogens (tertiary/aromatic N) is 3. The van der Waals surface area contributed by atoms with Gasteiger partial charge in [0.1, 0.15) is 17.3 Å². The number of aromatic nitrogens is 3. The predicted octanol–water partition coefficient (Wildman–Crippen LogP) is 3.95. The van der Waals surface area contributed by atoms with Crippen LogP contribution < -0.4 is 9.47 Å². The van der Waals surface area contributed by atoms with Crippen molar-refractivity contribution >= 4 is 37.6 Å². The molecule has 204 valence electrons. The Balaban J connectivity index is 1.63. The highest BCUT2D eigenvalue weighted by Gasteiger charge is 2.65.